The quantitative estimate of drug-likeness (QED) is 0.813. The van der Waals surface area contributed by atoms with Crippen LogP contribution >= 0.6 is 0 Å². The van der Waals surface area contributed by atoms with Crippen LogP contribution in [0.25, 0.3) is 5.57 Å². The molecule has 4 rings (SSSR count). The lowest BCUT2D eigenvalue weighted by molar-refractivity contribution is -0.175. The number of fused-ring (bicyclic) bond motifs is 3. The van der Waals surface area contributed by atoms with Crippen LogP contribution in [0, 0.1) is 0 Å². The van der Waals surface area contributed by atoms with Crippen molar-refractivity contribution in [3.8, 4) is 0 Å². The van der Waals surface area contributed by atoms with Crippen molar-refractivity contribution in [3.63, 3.8) is 0 Å². The molecule has 2 aromatic rings. The van der Waals surface area contributed by atoms with Gasteiger partial charge in [0, 0.05) is 6.54 Å². The van der Waals surface area contributed by atoms with Crippen molar-refractivity contribution in [1.29, 1.82) is 0 Å². The van der Waals surface area contributed by atoms with Crippen LogP contribution in [0.3, 0.4) is 0 Å². The molecule has 2 heterocycles. The summed E-state index contributed by atoms with van der Waals surface area (Å²) in [4.78, 5) is 14.2. The van der Waals surface area contributed by atoms with Gasteiger partial charge in [-0.05, 0) is 22.3 Å². The van der Waals surface area contributed by atoms with Gasteiger partial charge >= 0.3 is 0 Å². The molecule has 110 valence electrons. The molecular weight excluding hydrogens is 274 g/mol. The Morgan fingerprint density at radius 2 is 1.82 bits per heavy atom. The van der Waals surface area contributed by atoms with E-state index in [1.165, 1.54) is 0 Å². The van der Waals surface area contributed by atoms with Crippen molar-refractivity contribution < 1.29 is 9.53 Å². The molecule has 2 aliphatic rings. The van der Waals surface area contributed by atoms with E-state index in [1.807, 2.05) is 47.4 Å². The van der Waals surface area contributed by atoms with Gasteiger partial charge in [-0.2, -0.15) is 0 Å². The highest BCUT2D eigenvalue weighted by atomic mass is 16.5. The van der Waals surface area contributed by atoms with Gasteiger partial charge in [0.05, 0.1) is 12.6 Å². The smallest absolute Gasteiger partial charge is 0.255 e. The molecule has 0 aromatic heterocycles. The van der Waals surface area contributed by atoms with Gasteiger partial charge in [-0.1, -0.05) is 61.2 Å². The molecule has 0 saturated carbocycles. The Morgan fingerprint density at radius 3 is 2.64 bits per heavy atom. The van der Waals surface area contributed by atoms with E-state index < -0.39 is 0 Å². The van der Waals surface area contributed by atoms with Crippen molar-refractivity contribution in [1.82, 2.24) is 4.90 Å². The summed E-state index contributed by atoms with van der Waals surface area (Å²) in [7, 11) is 0. The second kappa shape index (κ2) is 5.11. The van der Waals surface area contributed by atoms with E-state index in [0.717, 1.165) is 22.3 Å². The Hall–Kier alpha value is -2.39. The molecule has 0 bridgehead atoms. The minimum absolute atomic E-state index is 0.0258. The zero-order valence-electron chi connectivity index (χ0n) is 12.2. The summed E-state index contributed by atoms with van der Waals surface area (Å²) >= 11 is 0. The highest BCUT2D eigenvalue weighted by molar-refractivity contribution is 5.93. The van der Waals surface area contributed by atoms with Crippen LogP contribution in [0.2, 0.25) is 0 Å². The highest BCUT2D eigenvalue weighted by Gasteiger charge is 2.51. The number of hydrogen-bond donors (Lipinski definition) is 0. The number of benzene rings is 2. The third-order valence-electron chi connectivity index (χ3n) is 4.44. The van der Waals surface area contributed by atoms with Crippen molar-refractivity contribution in [2.75, 3.05) is 6.54 Å². The molecule has 0 radical (unpaired) electrons. The van der Waals surface area contributed by atoms with E-state index in [1.54, 1.807) is 0 Å². The maximum atomic E-state index is 12.3. The first-order valence-electron chi connectivity index (χ1n) is 7.49. The maximum Gasteiger partial charge on any atom is 0.255 e. The topological polar surface area (TPSA) is 29.5 Å². The minimum atomic E-state index is -0.380. The van der Waals surface area contributed by atoms with Gasteiger partial charge in [-0.15, -0.1) is 0 Å². The predicted molar refractivity (Wildman–Crippen MR) is 84.9 cm³/mol. The molecule has 2 aromatic carbocycles. The lowest BCUT2D eigenvalue weighted by atomic mass is 9.81. The second-order valence-corrected chi connectivity index (χ2v) is 5.82. The largest absolute Gasteiger partial charge is 0.361 e. The fraction of sp³-hybridized carbons (Fsp3) is 0.211. The molecule has 0 N–H and O–H groups in total. The Morgan fingerprint density at radius 1 is 1.09 bits per heavy atom. The average Bonchev–Trinajstić information content (AvgIpc) is 2.57. The minimum Gasteiger partial charge on any atom is -0.361 e. The fourth-order valence-corrected chi connectivity index (χ4v) is 3.31. The molecule has 3 heteroatoms. The predicted octanol–water partition coefficient (Wildman–Crippen LogP) is 3.18. The summed E-state index contributed by atoms with van der Waals surface area (Å²) in [6.07, 6.45) is -0.380. The van der Waals surface area contributed by atoms with Crippen LogP contribution < -0.4 is 0 Å². The molecule has 1 saturated heterocycles. The molecule has 0 spiro atoms. The monoisotopic (exact) mass is 291 g/mol. The zero-order chi connectivity index (χ0) is 15.1. The van der Waals surface area contributed by atoms with Gasteiger partial charge in [-0.3, -0.25) is 4.79 Å². The van der Waals surface area contributed by atoms with Crippen molar-refractivity contribution in [2.24, 2.45) is 0 Å². The van der Waals surface area contributed by atoms with Gasteiger partial charge < -0.3 is 9.64 Å². The van der Waals surface area contributed by atoms with E-state index >= 15 is 0 Å². The zero-order valence-corrected chi connectivity index (χ0v) is 12.2. The van der Waals surface area contributed by atoms with Crippen LogP contribution in [0.5, 0.6) is 0 Å². The standard InChI is InChI=1S/C19H17NO2/c1-13-11-20-17(16-10-6-5-9-15(13)16)18(19(20)21)22-12-14-7-3-2-4-8-14/h2-10,17-18H,1,11-12H2. The van der Waals surface area contributed by atoms with Gasteiger partial charge in [0.1, 0.15) is 0 Å². The van der Waals surface area contributed by atoms with Gasteiger partial charge in [0.25, 0.3) is 5.91 Å². The Bertz CT molecular complexity index is 738. The number of carbonyl (C=O) groups is 1. The summed E-state index contributed by atoms with van der Waals surface area (Å²) in [6, 6.07) is 18.2. The molecule has 2 atom stereocenters. The average molecular weight is 291 g/mol. The normalized spacial score (nSPS) is 22.8. The summed E-state index contributed by atoms with van der Waals surface area (Å²) in [5, 5.41) is 0. The van der Waals surface area contributed by atoms with E-state index in [-0.39, 0.29) is 18.1 Å². The van der Waals surface area contributed by atoms with Crippen molar-refractivity contribution >= 4 is 11.5 Å². The van der Waals surface area contributed by atoms with Crippen LogP contribution in [-0.4, -0.2) is 23.5 Å². The first-order valence-corrected chi connectivity index (χ1v) is 7.49. The molecule has 22 heavy (non-hydrogen) atoms. The molecule has 1 fully saturated rings. The lowest BCUT2D eigenvalue weighted by Crippen LogP contribution is -2.61. The Kier molecular flexibility index (Phi) is 3.09. The first kappa shape index (κ1) is 13.3. The van der Waals surface area contributed by atoms with Gasteiger partial charge in [0.15, 0.2) is 6.10 Å². The Balaban J connectivity index is 1.57. The maximum absolute atomic E-state index is 12.3. The van der Waals surface area contributed by atoms with Crippen LogP contribution in [0.1, 0.15) is 22.7 Å². The SMILES string of the molecule is C=C1CN2C(=O)C(OCc3ccccc3)C2c2ccccc21. The molecule has 2 unspecified atom stereocenters. The third-order valence-corrected chi connectivity index (χ3v) is 4.44. The summed E-state index contributed by atoms with van der Waals surface area (Å²) < 4.78 is 5.92. The van der Waals surface area contributed by atoms with E-state index in [0.29, 0.717) is 13.2 Å². The molecule has 2 aliphatic heterocycles. The van der Waals surface area contributed by atoms with Gasteiger partial charge in [-0.25, -0.2) is 0 Å². The van der Waals surface area contributed by atoms with Crippen LogP contribution in [0.15, 0.2) is 61.2 Å². The molecule has 0 aliphatic carbocycles. The molecule has 3 nitrogen and oxygen atoms in total. The number of amides is 1. The summed E-state index contributed by atoms with van der Waals surface area (Å²) in [6.45, 7) is 5.16. The fourth-order valence-electron chi connectivity index (χ4n) is 3.31. The number of nitrogens with zero attached hydrogens (tertiary/aromatic N) is 1. The third kappa shape index (κ3) is 1.97. The number of carbonyl (C=O) groups excluding carboxylic acids is 1. The van der Waals surface area contributed by atoms with Crippen LogP contribution in [0.4, 0.5) is 0 Å². The lowest BCUT2D eigenvalue weighted by Gasteiger charge is -2.50. The number of rotatable bonds is 3. The summed E-state index contributed by atoms with van der Waals surface area (Å²) in [5.41, 5.74) is 4.39. The summed E-state index contributed by atoms with van der Waals surface area (Å²) in [5.74, 6) is 0.0663. The van der Waals surface area contributed by atoms with Gasteiger partial charge in [0.2, 0.25) is 0 Å². The number of β-lactam (4-membered cyclic amide) rings is 1. The Labute approximate surface area is 129 Å². The first-order chi connectivity index (χ1) is 10.8. The van der Waals surface area contributed by atoms with Crippen LogP contribution in [-0.2, 0) is 16.1 Å². The highest BCUT2D eigenvalue weighted by Crippen LogP contribution is 2.44. The van der Waals surface area contributed by atoms with Crippen molar-refractivity contribution in [2.45, 2.75) is 18.8 Å². The molecule has 1 amide bonds. The number of hydrogen-bond acceptors (Lipinski definition) is 2. The molecular formula is C19H17NO2. The number of ether oxygens (including phenoxy) is 1. The van der Waals surface area contributed by atoms with E-state index in [2.05, 4.69) is 18.7 Å². The van der Waals surface area contributed by atoms with Crippen molar-refractivity contribution in [3.05, 3.63) is 77.9 Å². The second-order valence-electron chi connectivity index (χ2n) is 5.82. The van der Waals surface area contributed by atoms with E-state index in [9.17, 15) is 4.79 Å². The van der Waals surface area contributed by atoms with E-state index in [4.69, 9.17) is 4.74 Å².